The van der Waals surface area contributed by atoms with Gasteiger partial charge in [0.15, 0.2) is 0 Å². The van der Waals surface area contributed by atoms with Crippen molar-refractivity contribution in [2.75, 3.05) is 13.6 Å². The Kier molecular flexibility index (Phi) is 5.65. The Hall–Kier alpha value is -0.600. The number of halogens is 2. The Labute approximate surface area is 120 Å². The molecule has 0 radical (unpaired) electrons. The van der Waals surface area contributed by atoms with Crippen LogP contribution < -0.4 is 5.32 Å². The van der Waals surface area contributed by atoms with Crippen LogP contribution in [0, 0.1) is 17.7 Å². The maximum atomic E-state index is 13.9. The van der Waals surface area contributed by atoms with Crippen LogP contribution in [0.4, 0.5) is 4.39 Å². The summed E-state index contributed by atoms with van der Waals surface area (Å²) in [5, 5.41) is 3.86. The van der Waals surface area contributed by atoms with Crippen LogP contribution >= 0.6 is 11.6 Å². The van der Waals surface area contributed by atoms with E-state index in [4.69, 9.17) is 11.6 Å². The first-order valence-electron chi connectivity index (χ1n) is 7.30. The Bertz CT molecular complexity index is 387. The largest absolute Gasteiger partial charge is 0.319 e. The van der Waals surface area contributed by atoms with Crippen molar-refractivity contribution in [2.45, 2.75) is 38.5 Å². The maximum Gasteiger partial charge on any atom is 0.127 e. The molecule has 1 aromatic carbocycles. The van der Waals surface area contributed by atoms with Crippen LogP contribution in [-0.4, -0.2) is 13.6 Å². The molecule has 106 valence electrons. The summed E-state index contributed by atoms with van der Waals surface area (Å²) in [6.45, 7) is 1.02. The van der Waals surface area contributed by atoms with Gasteiger partial charge in [-0.3, -0.25) is 0 Å². The summed E-state index contributed by atoms with van der Waals surface area (Å²) in [4.78, 5) is 0. The lowest BCUT2D eigenvalue weighted by atomic mass is 9.83. The molecule has 3 heteroatoms. The smallest absolute Gasteiger partial charge is 0.127 e. The van der Waals surface area contributed by atoms with E-state index >= 15 is 0 Å². The van der Waals surface area contributed by atoms with Crippen LogP contribution in [0.3, 0.4) is 0 Å². The van der Waals surface area contributed by atoms with Gasteiger partial charge < -0.3 is 5.32 Å². The van der Waals surface area contributed by atoms with Crippen molar-refractivity contribution in [2.24, 2.45) is 11.8 Å². The van der Waals surface area contributed by atoms with Gasteiger partial charge in [-0.05, 0) is 56.8 Å². The van der Waals surface area contributed by atoms with E-state index in [-0.39, 0.29) is 5.82 Å². The summed E-state index contributed by atoms with van der Waals surface area (Å²) < 4.78 is 13.9. The van der Waals surface area contributed by atoms with Gasteiger partial charge in [0.2, 0.25) is 0 Å². The molecule has 1 nitrogen and oxygen atoms in total. The first-order chi connectivity index (χ1) is 9.22. The lowest BCUT2D eigenvalue weighted by Crippen LogP contribution is -2.27. The van der Waals surface area contributed by atoms with E-state index in [0.29, 0.717) is 22.4 Å². The van der Waals surface area contributed by atoms with Crippen LogP contribution in [0.2, 0.25) is 5.02 Å². The van der Waals surface area contributed by atoms with Crippen molar-refractivity contribution in [3.63, 3.8) is 0 Å². The molecule has 1 N–H and O–H groups in total. The first-order valence-corrected chi connectivity index (χ1v) is 7.67. The van der Waals surface area contributed by atoms with E-state index in [9.17, 15) is 4.39 Å². The second kappa shape index (κ2) is 7.25. The molecular formula is C16H23ClFN. The summed E-state index contributed by atoms with van der Waals surface area (Å²) in [5.41, 5.74) is 0.706. The Balaban J connectivity index is 2.13. The third-order valence-corrected chi connectivity index (χ3v) is 4.66. The minimum atomic E-state index is -0.153. The molecule has 2 rings (SSSR count). The molecule has 19 heavy (non-hydrogen) atoms. The lowest BCUT2D eigenvalue weighted by molar-refractivity contribution is 0.301. The van der Waals surface area contributed by atoms with Gasteiger partial charge in [-0.2, -0.15) is 0 Å². The van der Waals surface area contributed by atoms with Gasteiger partial charge in [-0.15, -0.1) is 0 Å². The monoisotopic (exact) mass is 283 g/mol. The molecule has 0 aromatic heterocycles. The maximum absolute atomic E-state index is 13.9. The number of nitrogens with one attached hydrogen (secondary N) is 1. The zero-order valence-corrected chi connectivity index (χ0v) is 12.3. The highest BCUT2D eigenvalue weighted by atomic mass is 35.5. The van der Waals surface area contributed by atoms with Gasteiger partial charge in [-0.25, -0.2) is 4.39 Å². The topological polar surface area (TPSA) is 12.0 Å². The highest BCUT2D eigenvalue weighted by Crippen LogP contribution is 2.33. The van der Waals surface area contributed by atoms with E-state index in [1.54, 1.807) is 12.1 Å². The number of hydrogen-bond donors (Lipinski definition) is 1. The van der Waals surface area contributed by atoms with Gasteiger partial charge in [0.25, 0.3) is 0 Å². The molecule has 1 aromatic rings. The van der Waals surface area contributed by atoms with Crippen molar-refractivity contribution in [1.29, 1.82) is 0 Å². The molecule has 1 aliphatic carbocycles. The van der Waals surface area contributed by atoms with Gasteiger partial charge in [0, 0.05) is 10.6 Å². The third-order valence-electron chi connectivity index (χ3n) is 4.31. The summed E-state index contributed by atoms with van der Waals surface area (Å²) in [7, 11) is 2.00. The Morgan fingerprint density at radius 3 is 2.63 bits per heavy atom. The van der Waals surface area contributed by atoms with E-state index in [2.05, 4.69) is 5.32 Å². The quantitative estimate of drug-likeness (QED) is 0.806. The normalized spacial score (nSPS) is 24.2. The van der Waals surface area contributed by atoms with Crippen molar-refractivity contribution in [3.8, 4) is 0 Å². The molecule has 0 saturated heterocycles. The minimum Gasteiger partial charge on any atom is -0.319 e. The van der Waals surface area contributed by atoms with Gasteiger partial charge in [0.05, 0.1) is 0 Å². The average Bonchev–Trinajstić information content (AvgIpc) is 2.60. The Morgan fingerprint density at radius 1 is 1.21 bits per heavy atom. The molecule has 0 amide bonds. The molecular weight excluding hydrogens is 261 g/mol. The fourth-order valence-corrected chi connectivity index (χ4v) is 3.49. The molecule has 1 fully saturated rings. The summed E-state index contributed by atoms with van der Waals surface area (Å²) in [5.74, 6) is 1.03. The molecule has 0 aliphatic heterocycles. The fraction of sp³-hybridized carbons (Fsp3) is 0.625. The van der Waals surface area contributed by atoms with Crippen LogP contribution in [-0.2, 0) is 6.42 Å². The molecule has 0 heterocycles. The Morgan fingerprint density at radius 2 is 1.95 bits per heavy atom. The lowest BCUT2D eigenvalue weighted by Gasteiger charge is -2.25. The minimum absolute atomic E-state index is 0.153. The van der Waals surface area contributed by atoms with Gasteiger partial charge in [0.1, 0.15) is 5.82 Å². The average molecular weight is 284 g/mol. The molecule has 1 aliphatic rings. The van der Waals surface area contributed by atoms with Crippen LogP contribution in [0.15, 0.2) is 18.2 Å². The molecule has 1 saturated carbocycles. The number of benzene rings is 1. The second-order valence-electron chi connectivity index (χ2n) is 5.62. The molecule has 0 bridgehead atoms. The highest BCUT2D eigenvalue weighted by molar-refractivity contribution is 6.31. The fourth-order valence-electron chi connectivity index (χ4n) is 3.25. The van der Waals surface area contributed by atoms with Crippen molar-refractivity contribution in [1.82, 2.24) is 5.32 Å². The zero-order chi connectivity index (χ0) is 13.7. The molecule has 0 spiro atoms. The summed E-state index contributed by atoms with van der Waals surface area (Å²) >= 11 is 6.16. The second-order valence-corrected chi connectivity index (χ2v) is 6.03. The number of rotatable bonds is 4. The summed E-state index contributed by atoms with van der Waals surface area (Å²) in [6.07, 6.45) is 7.08. The van der Waals surface area contributed by atoms with Gasteiger partial charge in [-0.1, -0.05) is 36.9 Å². The van der Waals surface area contributed by atoms with Crippen molar-refractivity contribution < 1.29 is 4.39 Å². The van der Waals surface area contributed by atoms with E-state index in [1.165, 1.54) is 38.2 Å². The standard InChI is InChI=1S/C16H23ClFN/c1-19-11-13-7-4-2-3-6-12(13)10-14-15(17)8-5-9-16(14)18/h5,8-9,12-13,19H,2-4,6-7,10-11H2,1H3. The third kappa shape index (κ3) is 3.93. The van der Waals surface area contributed by atoms with Gasteiger partial charge >= 0.3 is 0 Å². The highest BCUT2D eigenvalue weighted by Gasteiger charge is 2.25. The molecule has 2 atom stereocenters. The predicted octanol–water partition coefficient (Wildman–Crippen LogP) is 4.44. The number of hydrogen-bond acceptors (Lipinski definition) is 1. The van der Waals surface area contributed by atoms with E-state index in [0.717, 1.165) is 13.0 Å². The zero-order valence-electron chi connectivity index (χ0n) is 11.6. The van der Waals surface area contributed by atoms with E-state index in [1.807, 2.05) is 7.05 Å². The van der Waals surface area contributed by atoms with Crippen LogP contribution in [0.5, 0.6) is 0 Å². The summed E-state index contributed by atoms with van der Waals surface area (Å²) in [6, 6.07) is 4.99. The van der Waals surface area contributed by atoms with Crippen LogP contribution in [0.1, 0.15) is 37.7 Å². The van der Waals surface area contributed by atoms with E-state index < -0.39 is 0 Å². The van der Waals surface area contributed by atoms with Crippen LogP contribution in [0.25, 0.3) is 0 Å². The first kappa shape index (κ1) is 14.8. The predicted molar refractivity (Wildman–Crippen MR) is 79.1 cm³/mol. The molecule has 2 unspecified atom stereocenters. The van der Waals surface area contributed by atoms with Crippen molar-refractivity contribution >= 4 is 11.6 Å². The van der Waals surface area contributed by atoms with Crippen molar-refractivity contribution in [3.05, 3.63) is 34.6 Å². The SMILES string of the molecule is CNCC1CCCCCC1Cc1c(F)cccc1Cl.